The van der Waals surface area contributed by atoms with Gasteiger partial charge in [0.1, 0.15) is 0 Å². The van der Waals surface area contributed by atoms with Gasteiger partial charge in [0, 0.05) is 5.92 Å². The van der Waals surface area contributed by atoms with Crippen molar-refractivity contribution in [2.24, 2.45) is 0 Å². The number of fused-ring (bicyclic) bond motifs is 1. The third-order valence-corrected chi connectivity index (χ3v) is 4.37. The Morgan fingerprint density at radius 2 is 1.71 bits per heavy atom. The molecule has 3 rings (SSSR count). The lowest BCUT2D eigenvalue weighted by molar-refractivity contribution is 0.253. The van der Waals surface area contributed by atoms with Crippen molar-refractivity contribution in [2.75, 3.05) is 6.61 Å². The van der Waals surface area contributed by atoms with Gasteiger partial charge in [-0.1, -0.05) is 42.0 Å². The summed E-state index contributed by atoms with van der Waals surface area (Å²) < 4.78 is 29.6. The highest BCUT2D eigenvalue weighted by atomic mass is 32.2. The van der Waals surface area contributed by atoms with E-state index in [-0.39, 0.29) is 4.90 Å². The van der Waals surface area contributed by atoms with E-state index in [4.69, 9.17) is 9.66 Å². The molecule has 0 saturated heterocycles. The molecule has 5 heteroatoms. The van der Waals surface area contributed by atoms with Gasteiger partial charge in [0.25, 0.3) is 10.1 Å². The Bertz CT molecular complexity index is 705. The summed E-state index contributed by atoms with van der Waals surface area (Å²) in [5.74, 6) is 0.427. The second-order valence-corrected chi connectivity index (χ2v) is 6.49. The standard InChI is InChI=1S/C9H10O.C7H8O3S/c10-6-8-5-7-3-1-2-4-9(7)8;1-6-2-4-7(5-3-6)11(8,9)10/h1-4,8,10H,5-6H2;2-5H,1H3,(H,8,9,10). The molecular weight excluding hydrogens is 288 g/mol. The van der Waals surface area contributed by atoms with E-state index in [0.29, 0.717) is 12.5 Å². The van der Waals surface area contributed by atoms with Crippen LogP contribution < -0.4 is 0 Å². The van der Waals surface area contributed by atoms with Gasteiger partial charge < -0.3 is 5.11 Å². The fourth-order valence-corrected chi connectivity index (χ4v) is 2.72. The van der Waals surface area contributed by atoms with Crippen LogP contribution in [0.4, 0.5) is 0 Å². The van der Waals surface area contributed by atoms with Crippen molar-refractivity contribution < 1.29 is 18.1 Å². The summed E-state index contributed by atoms with van der Waals surface area (Å²) >= 11 is 0. The molecule has 0 saturated carbocycles. The first-order chi connectivity index (χ1) is 9.91. The summed E-state index contributed by atoms with van der Waals surface area (Å²) in [6, 6.07) is 14.3. The minimum Gasteiger partial charge on any atom is -0.396 e. The first-order valence-electron chi connectivity index (χ1n) is 6.64. The molecule has 21 heavy (non-hydrogen) atoms. The molecule has 1 aliphatic carbocycles. The molecule has 2 aromatic rings. The van der Waals surface area contributed by atoms with Crippen LogP contribution in [0.2, 0.25) is 0 Å². The van der Waals surface area contributed by atoms with Crippen molar-refractivity contribution >= 4 is 10.1 Å². The summed E-state index contributed by atoms with van der Waals surface area (Å²) in [5, 5.41) is 8.83. The van der Waals surface area contributed by atoms with Crippen molar-refractivity contribution in [2.45, 2.75) is 24.2 Å². The molecule has 1 unspecified atom stereocenters. The van der Waals surface area contributed by atoms with Crippen molar-refractivity contribution in [3.63, 3.8) is 0 Å². The molecule has 1 aliphatic rings. The van der Waals surface area contributed by atoms with Gasteiger partial charge in [-0.25, -0.2) is 0 Å². The first-order valence-corrected chi connectivity index (χ1v) is 8.08. The summed E-state index contributed by atoms with van der Waals surface area (Å²) in [6.07, 6.45) is 1.06. The molecule has 2 N–H and O–H groups in total. The highest BCUT2D eigenvalue weighted by Crippen LogP contribution is 2.33. The predicted octanol–water partition coefficient (Wildman–Crippen LogP) is 2.56. The van der Waals surface area contributed by atoms with Crippen molar-refractivity contribution in [1.82, 2.24) is 0 Å². The van der Waals surface area contributed by atoms with E-state index >= 15 is 0 Å². The third-order valence-electron chi connectivity index (χ3n) is 3.50. The maximum Gasteiger partial charge on any atom is 0.294 e. The molecule has 0 aliphatic heterocycles. The third kappa shape index (κ3) is 3.91. The van der Waals surface area contributed by atoms with E-state index in [1.165, 1.54) is 23.3 Å². The average molecular weight is 306 g/mol. The Hall–Kier alpha value is -1.69. The Kier molecular flexibility index (Phi) is 4.77. The molecule has 112 valence electrons. The highest BCUT2D eigenvalue weighted by Gasteiger charge is 2.23. The normalized spacial score (nSPS) is 16.2. The zero-order chi connectivity index (χ0) is 15.5. The van der Waals surface area contributed by atoms with Gasteiger partial charge in [0.15, 0.2) is 0 Å². The topological polar surface area (TPSA) is 74.6 Å². The lowest BCUT2D eigenvalue weighted by atomic mass is 9.78. The summed E-state index contributed by atoms with van der Waals surface area (Å²) in [6.45, 7) is 2.14. The molecule has 0 amide bonds. The summed E-state index contributed by atoms with van der Waals surface area (Å²) in [4.78, 5) is -0.0666. The summed E-state index contributed by atoms with van der Waals surface area (Å²) in [5.41, 5.74) is 3.70. The van der Waals surface area contributed by atoms with Gasteiger partial charge in [-0.3, -0.25) is 4.55 Å². The lowest BCUT2D eigenvalue weighted by Gasteiger charge is -2.27. The van der Waals surface area contributed by atoms with Gasteiger partial charge in [-0.15, -0.1) is 0 Å². The van der Waals surface area contributed by atoms with E-state index in [1.807, 2.05) is 19.1 Å². The van der Waals surface area contributed by atoms with Crippen LogP contribution in [0.3, 0.4) is 0 Å². The van der Waals surface area contributed by atoms with Gasteiger partial charge >= 0.3 is 0 Å². The smallest absolute Gasteiger partial charge is 0.294 e. The Morgan fingerprint density at radius 3 is 2.24 bits per heavy atom. The fourth-order valence-electron chi connectivity index (χ4n) is 2.24. The SMILES string of the molecule is Cc1ccc(S(=O)(=O)O)cc1.OCC1Cc2ccccc21. The van der Waals surface area contributed by atoms with Crippen LogP contribution >= 0.6 is 0 Å². The number of aryl methyl sites for hydroxylation is 1. The molecule has 2 aromatic carbocycles. The lowest BCUT2D eigenvalue weighted by Crippen LogP contribution is -2.19. The van der Waals surface area contributed by atoms with Crippen LogP contribution in [0, 0.1) is 6.92 Å². The molecule has 4 nitrogen and oxygen atoms in total. The Morgan fingerprint density at radius 1 is 1.10 bits per heavy atom. The molecule has 0 aromatic heterocycles. The van der Waals surface area contributed by atoms with Crippen LogP contribution in [0.5, 0.6) is 0 Å². The second kappa shape index (κ2) is 6.39. The number of benzene rings is 2. The number of hydrogen-bond acceptors (Lipinski definition) is 3. The molecule has 0 fully saturated rings. The van der Waals surface area contributed by atoms with Gasteiger partial charge in [-0.2, -0.15) is 8.42 Å². The molecular formula is C16H18O4S. The highest BCUT2D eigenvalue weighted by molar-refractivity contribution is 7.85. The van der Waals surface area contributed by atoms with Crippen molar-refractivity contribution in [3.8, 4) is 0 Å². The number of aliphatic hydroxyl groups is 1. The molecule has 1 atom stereocenters. The first kappa shape index (κ1) is 15.7. The van der Waals surface area contributed by atoms with Crippen LogP contribution in [0.15, 0.2) is 53.4 Å². The summed E-state index contributed by atoms with van der Waals surface area (Å²) in [7, 11) is -4.02. The van der Waals surface area contributed by atoms with E-state index in [1.54, 1.807) is 12.1 Å². The van der Waals surface area contributed by atoms with Crippen molar-refractivity contribution in [3.05, 3.63) is 65.2 Å². The van der Waals surface area contributed by atoms with Crippen molar-refractivity contribution in [1.29, 1.82) is 0 Å². The zero-order valence-corrected chi connectivity index (χ0v) is 12.5. The van der Waals surface area contributed by atoms with Gasteiger partial charge in [-0.05, 0) is 36.6 Å². The molecule has 0 bridgehead atoms. The maximum atomic E-state index is 10.5. The maximum absolute atomic E-state index is 10.5. The number of aliphatic hydroxyl groups excluding tert-OH is 1. The zero-order valence-electron chi connectivity index (χ0n) is 11.7. The quantitative estimate of drug-likeness (QED) is 0.836. The van der Waals surface area contributed by atoms with E-state index < -0.39 is 10.1 Å². The molecule has 0 radical (unpaired) electrons. The predicted molar refractivity (Wildman–Crippen MR) is 81.0 cm³/mol. The number of hydrogen-bond donors (Lipinski definition) is 2. The molecule has 0 heterocycles. The van der Waals surface area contributed by atoms with E-state index in [0.717, 1.165) is 12.0 Å². The van der Waals surface area contributed by atoms with Gasteiger partial charge in [0.2, 0.25) is 0 Å². The largest absolute Gasteiger partial charge is 0.396 e. The van der Waals surface area contributed by atoms with Crippen LogP contribution in [0.25, 0.3) is 0 Å². The van der Waals surface area contributed by atoms with E-state index in [2.05, 4.69) is 12.1 Å². The van der Waals surface area contributed by atoms with Crippen LogP contribution in [0.1, 0.15) is 22.6 Å². The average Bonchev–Trinajstić information content (AvgIpc) is 2.41. The fraction of sp³-hybridized carbons (Fsp3) is 0.250. The second-order valence-electron chi connectivity index (χ2n) is 5.07. The monoisotopic (exact) mass is 306 g/mol. The van der Waals surface area contributed by atoms with Crippen LogP contribution in [-0.2, 0) is 16.5 Å². The minimum atomic E-state index is -4.02. The van der Waals surface area contributed by atoms with E-state index in [9.17, 15) is 8.42 Å². The Balaban J connectivity index is 0.000000154. The van der Waals surface area contributed by atoms with Gasteiger partial charge in [0.05, 0.1) is 11.5 Å². The minimum absolute atomic E-state index is 0.0666. The number of rotatable bonds is 2. The molecule has 0 spiro atoms. The Labute approximate surface area is 124 Å². The van der Waals surface area contributed by atoms with Crippen LogP contribution in [-0.4, -0.2) is 24.7 Å².